The van der Waals surface area contributed by atoms with Crippen molar-refractivity contribution in [3.63, 3.8) is 0 Å². The van der Waals surface area contributed by atoms with Gasteiger partial charge in [0, 0.05) is 11.8 Å². The number of benzene rings is 2. The van der Waals surface area contributed by atoms with Crippen LogP contribution in [0.25, 0.3) is 10.2 Å². The van der Waals surface area contributed by atoms with Gasteiger partial charge in [0.05, 0.1) is 22.5 Å². The summed E-state index contributed by atoms with van der Waals surface area (Å²) < 4.78 is 12.3. The highest BCUT2D eigenvalue weighted by Crippen LogP contribution is 2.34. The quantitative estimate of drug-likeness (QED) is 0.451. The maximum Gasteiger partial charge on any atom is 0.260 e. The zero-order valence-corrected chi connectivity index (χ0v) is 17.9. The Balaban J connectivity index is 1.54. The van der Waals surface area contributed by atoms with E-state index >= 15 is 0 Å². The molecule has 7 heteroatoms. The number of thiazole rings is 1. The summed E-state index contributed by atoms with van der Waals surface area (Å²) in [4.78, 5) is 24.5. The van der Waals surface area contributed by atoms with Gasteiger partial charge in [0.15, 0.2) is 16.6 Å². The minimum Gasteiger partial charge on any atom is -0.486 e. The first-order valence-corrected chi connectivity index (χ1v) is 11.0. The molecule has 3 heterocycles. The molecule has 0 atom stereocenters. The highest BCUT2D eigenvalue weighted by Gasteiger charge is 2.24. The van der Waals surface area contributed by atoms with Crippen molar-refractivity contribution in [1.29, 1.82) is 0 Å². The van der Waals surface area contributed by atoms with Crippen molar-refractivity contribution in [3.05, 3.63) is 77.6 Å². The lowest BCUT2D eigenvalue weighted by atomic mass is 10.1. The first kappa shape index (κ1) is 19.5. The molecule has 1 amide bonds. The summed E-state index contributed by atoms with van der Waals surface area (Å²) >= 11 is 1.52. The lowest BCUT2D eigenvalue weighted by molar-refractivity contribution is 0.0983. The number of rotatable bonds is 5. The van der Waals surface area contributed by atoms with Crippen molar-refractivity contribution >= 4 is 32.6 Å². The molecule has 1 aliphatic rings. The topological polar surface area (TPSA) is 64.6 Å². The average molecular weight is 432 g/mol. The van der Waals surface area contributed by atoms with Crippen LogP contribution in [-0.2, 0) is 13.0 Å². The van der Waals surface area contributed by atoms with E-state index in [9.17, 15) is 4.79 Å². The van der Waals surface area contributed by atoms with Crippen LogP contribution < -0.4 is 14.4 Å². The van der Waals surface area contributed by atoms with Gasteiger partial charge in [0.25, 0.3) is 5.91 Å². The molecule has 2 aromatic heterocycles. The van der Waals surface area contributed by atoms with Gasteiger partial charge in [0.1, 0.15) is 13.2 Å². The number of ether oxygens (including phenoxy) is 2. The molecule has 5 rings (SSSR count). The summed E-state index contributed by atoms with van der Waals surface area (Å²) in [6.07, 6.45) is 2.69. The first-order chi connectivity index (χ1) is 15.2. The molecule has 0 saturated carbocycles. The number of carbonyl (C=O) groups excluding carboxylic acids is 1. The number of hydrogen-bond donors (Lipinski definition) is 0. The van der Waals surface area contributed by atoms with Crippen molar-refractivity contribution in [1.82, 2.24) is 9.97 Å². The minimum atomic E-state index is -0.155. The average Bonchev–Trinajstić information content (AvgIpc) is 3.25. The number of aryl methyl sites for hydroxylation is 1. The van der Waals surface area contributed by atoms with E-state index in [4.69, 9.17) is 14.5 Å². The number of aromatic nitrogens is 2. The summed E-state index contributed by atoms with van der Waals surface area (Å²) in [6.45, 7) is 3.44. The molecule has 4 aromatic rings. The van der Waals surface area contributed by atoms with Crippen molar-refractivity contribution in [2.75, 3.05) is 18.1 Å². The van der Waals surface area contributed by atoms with E-state index in [2.05, 4.69) is 24.0 Å². The predicted molar refractivity (Wildman–Crippen MR) is 121 cm³/mol. The third-order valence-corrected chi connectivity index (χ3v) is 6.20. The lowest BCUT2D eigenvalue weighted by Crippen LogP contribution is -2.31. The molecule has 1 aliphatic heterocycles. The van der Waals surface area contributed by atoms with E-state index in [-0.39, 0.29) is 5.91 Å². The third-order valence-electron chi connectivity index (χ3n) is 5.16. The number of carbonyl (C=O) groups is 1. The van der Waals surface area contributed by atoms with Crippen molar-refractivity contribution in [2.45, 2.75) is 19.9 Å². The second kappa shape index (κ2) is 8.35. The zero-order chi connectivity index (χ0) is 21.2. The number of fused-ring (bicyclic) bond motifs is 2. The number of pyridine rings is 1. The second-order valence-electron chi connectivity index (χ2n) is 7.22. The molecule has 0 bridgehead atoms. The van der Waals surface area contributed by atoms with E-state index in [0.717, 1.165) is 22.3 Å². The third kappa shape index (κ3) is 3.96. The lowest BCUT2D eigenvalue weighted by Gasteiger charge is -2.22. The summed E-state index contributed by atoms with van der Waals surface area (Å²) in [6, 6.07) is 17.2. The van der Waals surface area contributed by atoms with Gasteiger partial charge in [-0.25, -0.2) is 4.98 Å². The molecule has 0 N–H and O–H groups in total. The van der Waals surface area contributed by atoms with E-state index < -0.39 is 0 Å². The van der Waals surface area contributed by atoms with Crippen LogP contribution >= 0.6 is 11.3 Å². The van der Waals surface area contributed by atoms with Crippen LogP contribution in [0.2, 0.25) is 0 Å². The molecule has 0 unspecified atom stereocenters. The highest BCUT2D eigenvalue weighted by atomic mass is 32.1. The van der Waals surface area contributed by atoms with Gasteiger partial charge in [-0.3, -0.25) is 14.7 Å². The second-order valence-corrected chi connectivity index (χ2v) is 8.23. The van der Waals surface area contributed by atoms with Crippen LogP contribution in [0.15, 0.2) is 60.8 Å². The molecule has 0 saturated heterocycles. The standard InChI is InChI=1S/C24H21N3O3S/c1-2-16-6-8-19-22(13-16)31-24(26-19)27(15-18-5-3-4-10-25-18)23(28)17-7-9-20-21(14-17)30-12-11-29-20/h3-10,13-14H,2,11-12,15H2,1H3. The Bertz CT molecular complexity index is 1240. The van der Waals surface area contributed by atoms with Crippen LogP contribution in [0.1, 0.15) is 28.5 Å². The molecule has 31 heavy (non-hydrogen) atoms. The van der Waals surface area contributed by atoms with E-state index in [1.807, 2.05) is 24.3 Å². The maximum absolute atomic E-state index is 13.6. The van der Waals surface area contributed by atoms with Crippen molar-refractivity contribution in [2.24, 2.45) is 0 Å². The van der Waals surface area contributed by atoms with Crippen LogP contribution in [0.5, 0.6) is 11.5 Å². The monoisotopic (exact) mass is 431 g/mol. The smallest absolute Gasteiger partial charge is 0.260 e. The van der Waals surface area contributed by atoms with E-state index in [1.165, 1.54) is 16.9 Å². The van der Waals surface area contributed by atoms with Crippen LogP contribution in [0, 0.1) is 0 Å². The Kier molecular flexibility index (Phi) is 5.26. The molecule has 0 spiro atoms. The minimum absolute atomic E-state index is 0.155. The first-order valence-electron chi connectivity index (χ1n) is 10.2. The SMILES string of the molecule is CCc1ccc2nc(N(Cc3ccccn3)C(=O)c3ccc4c(c3)OCCO4)sc2c1. The van der Waals surface area contributed by atoms with Gasteiger partial charge < -0.3 is 9.47 Å². The summed E-state index contributed by atoms with van der Waals surface area (Å²) in [5.74, 6) is 1.09. The molecule has 2 aromatic carbocycles. The molecule has 0 aliphatic carbocycles. The van der Waals surface area contributed by atoms with Gasteiger partial charge in [-0.05, 0) is 54.4 Å². The number of anilines is 1. The van der Waals surface area contributed by atoms with Crippen LogP contribution in [0.4, 0.5) is 5.13 Å². The zero-order valence-electron chi connectivity index (χ0n) is 17.1. The maximum atomic E-state index is 13.6. The van der Waals surface area contributed by atoms with Gasteiger partial charge in [-0.15, -0.1) is 0 Å². The number of amides is 1. The Morgan fingerprint density at radius 2 is 1.94 bits per heavy atom. The summed E-state index contributed by atoms with van der Waals surface area (Å²) in [5, 5.41) is 0.647. The Morgan fingerprint density at radius 1 is 1.06 bits per heavy atom. The fraction of sp³-hybridized carbons (Fsp3) is 0.208. The van der Waals surface area contributed by atoms with Crippen molar-refractivity contribution < 1.29 is 14.3 Å². The van der Waals surface area contributed by atoms with Gasteiger partial charge in [-0.1, -0.05) is 30.4 Å². The van der Waals surface area contributed by atoms with E-state index in [1.54, 1.807) is 29.3 Å². The van der Waals surface area contributed by atoms with E-state index in [0.29, 0.717) is 42.0 Å². The fourth-order valence-electron chi connectivity index (χ4n) is 3.50. The highest BCUT2D eigenvalue weighted by molar-refractivity contribution is 7.22. The predicted octanol–water partition coefficient (Wildman–Crippen LogP) is 4.87. The molecule has 6 nitrogen and oxygen atoms in total. The number of hydrogen-bond acceptors (Lipinski definition) is 6. The van der Waals surface area contributed by atoms with Gasteiger partial charge in [0.2, 0.25) is 0 Å². The van der Waals surface area contributed by atoms with Crippen LogP contribution in [0.3, 0.4) is 0 Å². The fourth-order valence-corrected chi connectivity index (χ4v) is 4.53. The Labute approximate surface area is 184 Å². The molecular formula is C24H21N3O3S. The number of nitrogens with zero attached hydrogens (tertiary/aromatic N) is 3. The van der Waals surface area contributed by atoms with Gasteiger partial charge in [-0.2, -0.15) is 0 Å². The Morgan fingerprint density at radius 3 is 2.74 bits per heavy atom. The molecular weight excluding hydrogens is 410 g/mol. The van der Waals surface area contributed by atoms with Crippen molar-refractivity contribution in [3.8, 4) is 11.5 Å². The molecule has 0 fully saturated rings. The molecule has 0 radical (unpaired) electrons. The normalized spacial score (nSPS) is 12.7. The van der Waals surface area contributed by atoms with Gasteiger partial charge >= 0.3 is 0 Å². The van der Waals surface area contributed by atoms with Crippen LogP contribution in [-0.4, -0.2) is 29.1 Å². The summed E-state index contributed by atoms with van der Waals surface area (Å²) in [7, 11) is 0. The largest absolute Gasteiger partial charge is 0.486 e. The summed E-state index contributed by atoms with van der Waals surface area (Å²) in [5.41, 5.74) is 3.45. The molecule has 156 valence electrons. The Hall–Kier alpha value is -3.45.